The summed E-state index contributed by atoms with van der Waals surface area (Å²) in [4.78, 5) is 47.6. The maximum atomic E-state index is 12.8. The average molecular weight is 770 g/mol. The number of carbonyl (C=O) groups excluding carboxylic acids is 4. The Morgan fingerprint density at radius 1 is 0.839 bits per heavy atom. The predicted octanol–water partition coefficient (Wildman–Crippen LogP) is 5.09. The lowest BCUT2D eigenvalue weighted by molar-refractivity contribution is -0.147. The van der Waals surface area contributed by atoms with Crippen molar-refractivity contribution >= 4 is 103 Å². The molecule has 2 amide bonds. The van der Waals surface area contributed by atoms with Crippen LogP contribution in [0.15, 0.2) is 0 Å². The fraction of sp³-hybridized carbons (Fsp3) is 0.500. The molecule has 0 aliphatic carbocycles. The quantitative estimate of drug-likeness (QED) is 0.195. The molecule has 0 spiro atoms. The highest BCUT2D eigenvalue weighted by molar-refractivity contribution is 14.1. The van der Waals surface area contributed by atoms with Gasteiger partial charge in [-0.1, -0.05) is 0 Å². The molecule has 0 saturated carbocycles. The van der Waals surface area contributed by atoms with Gasteiger partial charge in [0.05, 0.1) is 40.4 Å². The van der Waals surface area contributed by atoms with Crippen LogP contribution in [0.1, 0.15) is 63.7 Å². The first-order valence-corrected chi connectivity index (χ1v) is 12.8. The number of halogens is 3. The molecule has 2 N–H and O–H groups in total. The molecule has 0 heterocycles. The molecule has 0 aliphatic rings. The molecule has 11 heteroatoms. The van der Waals surface area contributed by atoms with Crippen molar-refractivity contribution in [2.24, 2.45) is 0 Å². The minimum absolute atomic E-state index is 0.128. The minimum Gasteiger partial charge on any atom is -0.463 e. The second-order valence-electron chi connectivity index (χ2n) is 6.91. The van der Waals surface area contributed by atoms with E-state index in [-0.39, 0.29) is 36.1 Å². The van der Waals surface area contributed by atoms with Gasteiger partial charge in [0.15, 0.2) is 0 Å². The van der Waals surface area contributed by atoms with Crippen molar-refractivity contribution < 1.29 is 28.7 Å². The molecule has 0 fully saturated rings. The maximum absolute atomic E-state index is 12.8. The first-order valence-electron chi connectivity index (χ1n) is 9.57. The summed E-state index contributed by atoms with van der Waals surface area (Å²) >= 11 is 6.01. The highest BCUT2D eigenvalue weighted by Gasteiger charge is 2.26. The number of benzene rings is 1. The van der Waals surface area contributed by atoms with Gasteiger partial charge in [-0.15, -0.1) is 0 Å². The fourth-order valence-electron chi connectivity index (χ4n) is 2.52. The number of nitrogens with one attached hydrogen (secondary N) is 2. The molecule has 1 rings (SSSR count). The number of unbranched alkanes of at least 4 members (excludes halogenated alkanes) is 2. The van der Waals surface area contributed by atoms with Crippen LogP contribution in [0.3, 0.4) is 0 Å². The molecule has 1 aromatic carbocycles. The van der Waals surface area contributed by atoms with Crippen molar-refractivity contribution in [1.29, 1.82) is 0 Å². The van der Waals surface area contributed by atoms with E-state index in [1.54, 1.807) is 13.8 Å². The van der Waals surface area contributed by atoms with Crippen LogP contribution in [-0.2, 0) is 23.9 Å². The van der Waals surface area contributed by atoms with E-state index in [4.69, 9.17) is 9.47 Å². The van der Waals surface area contributed by atoms with Crippen LogP contribution in [0.4, 0.5) is 11.4 Å². The Hall–Kier alpha value is -0.710. The molecule has 8 nitrogen and oxygen atoms in total. The van der Waals surface area contributed by atoms with Gasteiger partial charge in [-0.2, -0.15) is 0 Å². The number of rotatable bonds is 10. The van der Waals surface area contributed by atoms with E-state index < -0.39 is 5.97 Å². The normalized spacial score (nSPS) is 10.6. The third kappa shape index (κ3) is 9.35. The van der Waals surface area contributed by atoms with Crippen LogP contribution in [0.5, 0.6) is 0 Å². The van der Waals surface area contributed by atoms with Crippen LogP contribution < -0.4 is 10.6 Å². The summed E-state index contributed by atoms with van der Waals surface area (Å²) in [5.41, 5.74) is 1.19. The highest BCUT2D eigenvalue weighted by atomic mass is 127. The zero-order valence-corrected chi connectivity index (χ0v) is 24.2. The molecule has 0 bridgehead atoms. The van der Waals surface area contributed by atoms with E-state index in [0.29, 0.717) is 41.3 Å². The topological polar surface area (TPSA) is 111 Å². The van der Waals surface area contributed by atoms with Gasteiger partial charge < -0.3 is 20.1 Å². The van der Waals surface area contributed by atoms with E-state index in [1.165, 1.54) is 13.8 Å². The standard InChI is InChI=1S/C20H25I3N2O6/c1-10(2)31-13(28)8-6-5-7-9-30-20(29)14-15(21)18(24-11(3)26)17(23)19(16(14)22)25-12(4)27/h10H,5-9H2,1-4H3,(H,24,26)(H,25,27). The number of carbonyl (C=O) groups is 4. The number of hydrogen-bond acceptors (Lipinski definition) is 6. The first-order chi connectivity index (χ1) is 14.5. The summed E-state index contributed by atoms with van der Waals surface area (Å²) in [6, 6.07) is 0. The van der Waals surface area contributed by atoms with E-state index in [2.05, 4.69) is 10.6 Å². The van der Waals surface area contributed by atoms with Crippen LogP contribution in [0, 0.1) is 10.7 Å². The largest absolute Gasteiger partial charge is 0.463 e. The van der Waals surface area contributed by atoms with Crippen LogP contribution in [0.25, 0.3) is 0 Å². The van der Waals surface area contributed by atoms with Gasteiger partial charge >= 0.3 is 11.9 Å². The van der Waals surface area contributed by atoms with E-state index in [0.717, 1.165) is 6.42 Å². The minimum atomic E-state index is -0.539. The van der Waals surface area contributed by atoms with Crippen LogP contribution in [0.2, 0.25) is 0 Å². The number of esters is 2. The molecule has 0 unspecified atom stereocenters. The van der Waals surface area contributed by atoms with Gasteiger partial charge in [-0.25, -0.2) is 4.79 Å². The Kier molecular flexibility index (Phi) is 12.6. The van der Waals surface area contributed by atoms with Crippen molar-refractivity contribution in [2.75, 3.05) is 17.2 Å². The number of amides is 2. The summed E-state index contributed by atoms with van der Waals surface area (Å²) in [6.45, 7) is 6.55. The fourth-order valence-corrected chi connectivity index (χ4v) is 6.67. The Bertz CT molecular complexity index is 815. The van der Waals surface area contributed by atoms with Gasteiger partial charge in [0, 0.05) is 20.3 Å². The zero-order valence-electron chi connectivity index (χ0n) is 17.7. The summed E-state index contributed by atoms with van der Waals surface area (Å²) in [5.74, 6) is -1.35. The second-order valence-corrected chi connectivity index (χ2v) is 10.2. The van der Waals surface area contributed by atoms with Crippen LogP contribution >= 0.6 is 67.8 Å². The lowest BCUT2D eigenvalue weighted by atomic mass is 10.1. The number of anilines is 2. The van der Waals surface area contributed by atoms with Gasteiger partial charge in [0.2, 0.25) is 11.8 Å². The number of hydrogen-bond donors (Lipinski definition) is 2. The molecule has 0 aromatic heterocycles. The molecular weight excluding hydrogens is 745 g/mol. The number of ether oxygens (including phenoxy) is 2. The monoisotopic (exact) mass is 770 g/mol. The highest BCUT2D eigenvalue weighted by Crippen LogP contribution is 2.39. The van der Waals surface area contributed by atoms with Crippen molar-refractivity contribution in [1.82, 2.24) is 0 Å². The average Bonchev–Trinajstić information content (AvgIpc) is 2.64. The molecule has 0 saturated heterocycles. The van der Waals surface area contributed by atoms with Crippen molar-refractivity contribution in [3.05, 3.63) is 16.3 Å². The lowest BCUT2D eigenvalue weighted by Gasteiger charge is -2.19. The van der Waals surface area contributed by atoms with Crippen LogP contribution in [-0.4, -0.2) is 36.5 Å². The Morgan fingerprint density at radius 3 is 1.81 bits per heavy atom. The summed E-state index contributed by atoms with van der Waals surface area (Å²) in [7, 11) is 0. The molecule has 1 aromatic rings. The van der Waals surface area contributed by atoms with Crippen molar-refractivity contribution in [3.63, 3.8) is 0 Å². The first kappa shape index (κ1) is 28.3. The van der Waals surface area contributed by atoms with E-state index in [9.17, 15) is 19.2 Å². The smallest absolute Gasteiger partial charge is 0.340 e. The van der Waals surface area contributed by atoms with Gasteiger partial charge in [-0.05, 0) is 101 Å². The van der Waals surface area contributed by atoms with Gasteiger partial charge in [-0.3, -0.25) is 14.4 Å². The maximum Gasteiger partial charge on any atom is 0.340 e. The van der Waals surface area contributed by atoms with Gasteiger partial charge in [0.25, 0.3) is 0 Å². The zero-order chi connectivity index (χ0) is 23.7. The predicted molar refractivity (Wildman–Crippen MR) is 143 cm³/mol. The second kappa shape index (κ2) is 13.7. The van der Waals surface area contributed by atoms with Gasteiger partial charge in [0.1, 0.15) is 0 Å². The van der Waals surface area contributed by atoms with Crippen molar-refractivity contribution in [2.45, 2.75) is 59.5 Å². The third-order valence-corrected chi connectivity index (χ3v) is 6.98. The Balaban J connectivity index is 2.87. The molecule has 0 aliphatic heterocycles. The molecule has 0 atom stereocenters. The molecule has 172 valence electrons. The Morgan fingerprint density at radius 2 is 1.35 bits per heavy atom. The molecular formula is C20H25I3N2O6. The van der Waals surface area contributed by atoms with E-state index >= 15 is 0 Å². The lowest BCUT2D eigenvalue weighted by Crippen LogP contribution is -2.19. The summed E-state index contributed by atoms with van der Waals surface area (Å²) in [6.07, 6.45) is 2.18. The van der Waals surface area contributed by atoms with E-state index in [1.807, 2.05) is 67.8 Å². The Labute approximate surface area is 222 Å². The summed E-state index contributed by atoms with van der Waals surface area (Å²) in [5, 5.41) is 5.45. The summed E-state index contributed by atoms with van der Waals surface area (Å²) < 4.78 is 12.2. The van der Waals surface area contributed by atoms with Crippen molar-refractivity contribution in [3.8, 4) is 0 Å². The molecule has 31 heavy (non-hydrogen) atoms. The third-order valence-electron chi connectivity index (χ3n) is 3.75. The SMILES string of the molecule is CC(=O)Nc1c(I)c(NC(C)=O)c(I)c(C(=O)OCCCCCC(=O)OC(C)C)c1I. The molecule has 0 radical (unpaired) electrons.